The minimum absolute atomic E-state index is 0.314. The molecule has 0 aromatic carbocycles. The topological polar surface area (TPSA) is 106 Å². The molecule has 1 atom stereocenters. The molecule has 4 N–H and O–H groups in total. The van der Waals surface area contributed by atoms with Crippen LogP contribution in [0.1, 0.15) is 33.6 Å². The molecule has 2 saturated heterocycles. The zero-order chi connectivity index (χ0) is 21.1. The third-order valence-electron chi connectivity index (χ3n) is 4.37. The quantitative estimate of drug-likeness (QED) is 0.561. The first-order valence-corrected chi connectivity index (χ1v) is 11.1. The highest BCUT2D eigenvalue weighted by atomic mass is 32.2. The number of nitrogen functional groups attached to an aromatic ring is 1. The Balaban J connectivity index is 0.000000280. The molecule has 160 valence electrons. The molecule has 2 aliphatic rings. The Morgan fingerprint density at radius 1 is 1.14 bits per heavy atom. The Bertz CT molecular complexity index is 727. The lowest BCUT2D eigenvalue weighted by Gasteiger charge is -2.34. The van der Waals surface area contributed by atoms with E-state index in [1.807, 2.05) is 30.4 Å². The van der Waals surface area contributed by atoms with E-state index in [4.69, 9.17) is 16.3 Å². The Kier molecular flexibility index (Phi) is 10.1. The van der Waals surface area contributed by atoms with E-state index in [1.54, 1.807) is 30.4 Å². The van der Waals surface area contributed by atoms with Crippen molar-refractivity contribution >= 4 is 23.6 Å². The summed E-state index contributed by atoms with van der Waals surface area (Å²) in [6, 6.07) is 5.88. The van der Waals surface area contributed by atoms with Crippen LogP contribution in [0.2, 0.25) is 0 Å². The minimum Gasteiger partial charge on any atom is -0.384 e. The number of hydrogen-bond donors (Lipinski definition) is 2. The van der Waals surface area contributed by atoms with Gasteiger partial charge >= 0.3 is 0 Å². The number of nitrogens with zero attached hydrogens (tertiary/aromatic N) is 5. The van der Waals surface area contributed by atoms with E-state index < -0.39 is 0 Å². The molecular formula is C20H33N7OS. The van der Waals surface area contributed by atoms with E-state index in [9.17, 15) is 0 Å². The van der Waals surface area contributed by atoms with Crippen molar-refractivity contribution in [2.75, 3.05) is 42.7 Å². The largest absolute Gasteiger partial charge is 0.384 e. The van der Waals surface area contributed by atoms with Gasteiger partial charge in [0.2, 0.25) is 0 Å². The van der Waals surface area contributed by atoms with Gasteiger partial charge in [-0.3, -0.25) is 5.84 Å². The zero-order valence-corrected chi connectivity index (χ0v) is 18.4. The van der Waals surface area contributed by atoms with Gasteiger partial charge in [0.05, 0.1) is 19.3 Å². The van der Waals surface area contributed by atoms with Crippen molar-refractivity contribution in [1.29, 1.82) is 0 Å². The van der Waals surface area contributed by atoms with Gasteiger partial charge in [0, 0.05) is 36.8 Å². The molecule has 9 heteroatoms. The van der Waals surface area contributed by atoms with Crippen LogP contribution in [0.4, 0.5) is 11.6 Å². The minimum atomic E-state index is 0.314. The highest BCUT2D eigenvalue weighted by Gasteiger charge is 2.20. The smallest absolute Gasteiger partial charge is 0.161 e. The van der Waals surface area contributed by atoms with Crippen LogP contribution in [-0.4, -0.2) is 57.5 Å². The Morgan fingerprint density at radius 3 is 2.55 bits per heavy atom. The lowest BCUT2D eigenvalue weighted by molar-refractivity contribution is 0.0985. The van der Waals surface area contributed by atoms with Crippen molar-refractivity contribution < 1.29 is 4.74 Å². The van der Waals surface area contributed by atoms with Gasteiger partial charge in [-0.2, -0.15) is 4.41 Å². The summed E-state index contributed by atoms with van der Waals surface area (Å²) in [6.07, 6.45) is 6.04. The highest BCUT2D eigenvalue weighted by molar-refractivity contribution is 7.96. The molecule has 2 fully saturated rings. The lowest BCUT2D eigenvalue weighted by atomic mass is 10.2. The summed E-state index contributed by atoms with van der Waals surface area (Å²) in [4.78, 5) is 15.2. The van der Waals surface area contributed by atoms with E-state index in [1.165, 1.54) is 18.6 Å². The second-order valence-corrected chi connectivity index (χ2v) is 7.64. The maximum atomic E-state index is 5.71. The van der Waals surface area contributed by atoms with Crippen molar-refractivity contribution in [2.24, 2.45) is 5.84 Å². The molecule has 0 amide bonds. The first-order chi connectivity index (χ1) is 14.1. The van der Waals surface area contributed by atoms with Crippen molar-refractivity contribution in [1.82, 2.24) is 19.4 Å². The first-order valence-electron chi connectivity index (χ1n) is 10.2. The number of morpholine rings is 1. The van der Waals surface area contributed by atoms with E-state index >= 15 is 0 Å². The van der Waals surface area contributed by atoms with Gasteiger partial charge in [-0.15, -0.1) is 0 Å². The number of hydrogen-bond acceptors (Lipinski definition) is 9. The lowest BCUT2D eigenvalue weighted by Crippen LogP contribution is -2.44. The molecular weight excluding hydrogens is 386 g/mol. The molecule has 2 aromatic heterocycles. The Hall–Kier alpha value is -1.94. The molecule has 2 aliphatic heterocycles. The van der Waals surface area contributed by atoms with E-state index in [-0.39, 0.29) is 0 Å². The molecule has 0 aliphatic carbocycles. The number of aromatic nitrogens is 3. The van der Waals surface area contributed by atoms with Crippen molar-refractivity contribution in [2.45, 2.75) is 39.7 Å². The van der Waals surface area contributed by atoms with Crippen LogP contribution in [-0.2, 0) is 4.74 Å². The fourth-order valence-corrected chi connectivity index (χ4v) is 3.75. The molecule has 8 nitrogen and oxygen atoms in total. The van der Waals surface area contributed by atoms with Crippen LogP contribution >= 0.6 is 11.9 Å². The van der Waals surface area contributed by atoms with Crippen molar-refractivity contribution in [3.8, 4) is 11.4 Å². The van der Waals surface area contributed by atoms with Gasteiger partial charge in [0.15, 0.2) is 5.82 Å². The van der Waals surface area contributed by atoms with Crippen LogP contribution in [0, 0.1) is 0 Å². The monoisotopic (exact) mass is 419 g/mol. The van der Waals surface area contributed by atoms with Gasteiger partial charge in [-0.25, -0.2) is 15.0 Å². The maximum Gasteiger partial charge on any atom is 0.161 e. The normalized spacial score (nSPS) is 19.4. The second-order valence-electron chi connectivity index (χ2n) is 6.51. The van der Waals surface area contributed by atoms with Gasteiger partial charge in [-0.1, -0.05) is 25.8 Å². The number of pyridine rings is 1. The average Bonchev–Trinajstić information content (AvgIpc) is 2.77. The first kappa shape index (κ1) is 23.3. The Morgan fingerprint density at radius 2 is 1.93 bits per heavy atom. The van der Waals surface area contributed by atoms with E-state index in [0.29, 0.717) is 17.7 Å². The highest BCUT2D eigenvalue weighted by Crippen LogP contribution is 2.21. The summed E-state index contributed by atoms with van der Waals surface area (Å²) in [5.74, 6) is 8.68. The van der Waals surface area contributed by atoms with Gasteiger partial charge in [-0.05, 0) is 38.0 Å². The van der Waals surface area contributed by atoms with E-state index in [0.717, 1.165) is 37.7 Å². The van der Waals surface area contributed by atoms with Crippen molar-refractivity contribution in [3.05, 3.63) is 30.6 Å². The summed E-state index contributed by atoms with van der Waals surface area (Å²) >= 11 is 1.73. The van der Waals surface area contributed by atoms with E-state index in [2.05, 4.69) is 26.8 Å². The predicted octanol–water partition coefficient (Wildman–Crippen LogP) is 2.98. The maximum absolute atomic E-state index is 5.71. The summed E-state index contributed by atoms with van der Waals surface area (Å²) in [5, 5.41) is 0. The van der Waals surface area contributed by atoms with Crippen LogP contribution < -0.4 is 16.5 Å². The van der Waals surface area contributed by atoms with Gasteiger partial charge < -0.3 is 15.4 Å². The van der Waals surface area contributed by atoms with Crippen LogP contribution in [0.15, 0.2) is 30.6 Å². The fourth-order valence-electron chi connectivity index (χ4n) is 2.92. The fraction of sp³-hybridized carbons (Fsp3) is 0.550. The molecule has 0 saturated carbocycles. The third kappa shape index (κ3) is 7.43. The molecule has 0 radical (unpaired) electrons. The Labute approximate surface area is 178 Å². The molecule has 4 heterocycles. The SMILES string of the molecule is CC.CC1COCCN1c1ccnc(-c2ccnc(N)c2)n1.NN1CCCCS1. The van der Waals surface area contributed by atoms with Crippen LogP contribution in [0.3, 0.4) is 0 Å². The van der Waals surface area contributed by atoms with Crippen LogP contribution in [0.5, 0.6) is 0 Å². The molecule has 29 heavy (non-hydrogen) atoms. The molecule has 1 unspecified atom stereocenters. The summed E-state index contributed by atoms with van der Waals surface area (Å²) in [6.45, 7) is 9.49. The number of hydrazine groups is 1. The summed E-state index contributed by atoms with van der Waals surface area (Å²) in [7, 11) is 0. The molecule has 0 bridgehead atoms. The molecule has 2 aromatic rings. The average molecular weight is 420 g/mol. The predicted molar refractivity (Wildman–Crippen MR) is 121 cm³/mol. The summed E-state index contributed by atoms with van der Waals surface area (Å²) < 4.78 is 7.26. The van der Waals surface area contributed by atoms with Crippen LogP contribution in [0.25, 0.3) is 11.4 Å². The van der Waals surface area contributed by atoms with Crippen molar-refractivity contribution in [3.63, 3.8) is 0 Å². The standard InChI is InChI=1S/C14H17N5O.C4H10N2S.C2H6/c1-10-9-20-7-6-19(10)13-3-5-17-14(18-13)11-2-4-16-12(15)8-11;5-6-3-1-2-4-7-6;1-2/h2-5,8,10H,6-7,9H2,1H3,(H2,15,16);1-5H2;1-2H3. The number of nitrogens with two attached hydrogens (primary N) is 2. The van der Waals surface area contributed by atoms with Gasteiger partial charge in [0.1, 0.15) is 11.6 Å². The molecule has 4 rings (SSSR count). The zero-order valence-electron chi connectivity index (χ0n) is 17.6. The third-order valence-corrected chi connectivity index (χ3v) is 5.36. The summed E-state index contributed by atoms with van der Waals surface area (Å²) in [5.41, 5.74) is 6.58. The number of ether oxygens (including phenoxy) is 1. The van der Waals surface area contributed by atoms with Gasteiger partial charge in [0.25, 0.3) is 0 Å². The second kappa shape index (κ2) is 12.6. The number of rotatable bonds is 2. The molecule has 0 spiro atoms. The number of anilines is 2.